The van der Waals surface area contributed by atoms with Crippen LogP contribution in [0, 0.1) is 11.5 Å². The first-order valence-corrected chi connectivity index (χ1v) is 8.86. The smallest absolute Gasteiger partial charge is 0.207 e. The Labute approximate surface area is 135 Å². The van der Waals surface area contributed by atoms with Crippen LogP contribution in [0.3, 0.4) is 0 Å². The average molecular weight is 337 g/mol. The molecule has 1 aliphatic rings. The third-order valence-corrected chi connectivity index (χ3v) is 4.84. The van der Waals surface area contributed by atoms with Crippen molar-refractivity contribution in [1.29, 1.82) is 5.26 Å². The van der Waals surface area contributed by atoms with Crippen LogP contribution in [0.5, 0.6) is 5.75 Å². The number of nitriles is 1. The summed E-state index contributed by atoms with van der Waals surface area (Å²) in [5.41, 5.74) is -0.378. The van der Waals surface area contributed by atoms with E-state index < -0.39 is 27.6 Å². The normalized spacial score (nSPS) is 23.4. The molecular weight excluding hydrogens is 318 g/mol. The molecule has 1 aromatic carbocycles. The summed E-state index contributed by atoms with van der Waals surface area (Å²) in [7, 11) is -3.39. The number of ether oxygens (including phenoxy) is 1. The van der Waals surface area contributed by atoms with Crippen LogP contribution in [-0.4, -0.2) is 37.3 Å². The quantitative estimate of drug-likeness (QED) is 0.476. The number of aliphatic imine (C=N–C) groups is 1. The minimum Gasteiger partial charge on any atom is -0.485 e. The monoisotopic (exact) mass is 337 g/mol. The maximum Gasteiger partial charge on any atom is 0.207 e. The van der Waals surface area contributed by atoms with Crippen molar-refractivity contribution in [3.05, 3.63) is 23.8 Å². The number of nitrogens with one attached hydrogen (secondary N) is 1. The molecule has 1 aliphatic heterocycles. The van der Waals surface area contributed by atoms with Gasteiger partial charge in [-0.05, 0) is 39.0 Å². The molecule has 0 bridgehead atoms. The standard InChI is InChI=1S/C15H19N3O4S/c1-9(17-8-16)18-13-11-7-10(23(4,20)21)5-6-12(11)22-15(2,3)14(13)19/h5-7,13-14,19H,1-4H3,(H,17,18). The van der Waals surface area contributed by atoms with Gasteiger partial charge in [-0.3, -0.25) is 0 Å². The summed E-state index contributed by atoms with van der Waals surface area (Å²) in [6.07, 6.45) is 1.82. The number of nitrogens with zero attached hydrogens (tertiary/aromatic N) is 2. The van der Waals surface area contributed by atoms with E-state index in [0.29, 0.717) is 17.1 Å². The van der Waals surface area contributed by atoms with Crippen LogP contribution >= 0.6 is 0 Å². The van der Waals surface area contributed by atoms with Crippen molar-refractivity contribution in [1.82, 2.24) is 5.32 Å². The van der Waals surface area contributed by atoms with Crippen molar-refractivity contribution >= 4 is 15.7 Å². The van der Waals surface area contributed by atoms with Crippen LogP contribution < -0.4 is 10.1 Å². The first kappa shape index (κ1) is 17.2. The van der Waals surface area contributed by atoms with Gasteiger partial charge in [0.2, 0.25) is 6.19 Å². The lowest BCUT2D eigenvalue weighted by atomic mass is 9.86. The minimum absolute atomic E-state index is 0.133. The molecule has 124 valence electrons. The maximum atomic E-state index is 11.8. The Morgan fingerprint density at radius 3 is 2.70 bits per heavy atom. The van der Waals surface area contributed by atoms with Gasteiger partial charge in [0.1, 0.15) is 23.3 Å². The second-order valence-electron chi connectivity index (χ2n) is 6.04. The Morgan fingerprint density at radius 2 is 2.13 bits per heavy atom. The second-order valence-corrected chi connectivity index (χ2v) is 8.06. The summed E-state index contributed by atoms with van der Waals surface area (Å²) >= 11 is 0. The zero-order chi connectivity index (χ0) is 17.4. The topological polar surface area (TPSA) is 112 Å². The Balaban J connectivity index is 2.57. The summed E-state index contributed by atoms with van der Waals surface area (Å²) in [5.74, 6) is 0.805. The molecule has 0 saturated carbocycles. The first-order chi connectivity index (χ1) is 10.6. The molecule has 0 aliphatic carbocycles. The van der Waals surface area contributed by atoms with E-state index in [-0.39, 0.29) is 4.90 Å². The fraction of sp³-hybridized carbons (Fsp3) is 0.467. The van der Waals surface area contributed by atoms with E-state index in [1.54, 1.807) is 33.0 Å². The number of hydrogen-bond donors (Lipinski definition) is 2. The van der Waals surface area contributed by atoms with Crippen LogP contribution in [0.1, 0.15) is 32.4 Å². The van der Waals surface area contributed by atoms with E-state index in [4.69, 9.17) is 10.00 Å². The van der Waals surface area contributed by atoms with Gasteiger partial charge in [0.15, 0.2) is 9.84 Å². The molecule has 0 spiro atoms. The van der Waals surface area contributed by atoms with Gasteiger partial charge in [-0.1, -0.05) is 0 Å². The largest absolute Gasteiger partial charge is 0.485 e. The summed E-state index contributed by atoms with van der Waals surface area (Å²) in [6.45, 7) is 5.06. The first-order valence-electron chi connectivity index (χ1n) is 6.97. The molecule has 0 saturated heterocycles. The van der Waals surface area contributed by atoms with Crippen molar-refractivity contribution in [3.63, 3.8) is 0 Å². The number of aliphatic hydroxyl groups excluding tert-OH is 1. The number of hydrogen-bond acceptors (Lipinski definition) is 6. The molecule has 1 aromatic rings. The SMILES string of the molecule is C/C(=N/C#N)NC1c2cc(S(C)(=O)=O)ccc2OC(C)(C)C1O. The lowest BCUT2D eigenvalue weighted by molar-refractivity contribution is -0.0611. The third-order valence-electron chi connectivity index (χ3n) is 3.73. The predicted molar refractivity (Wildman–Crippen MR) is 84.9 cm³/mol. The number of sulfone groups is 1. The van der Waals surface area contributed by atoms with Gasteiger partial charge in [-0.15, -0.1) is 0 Å². The Kier molecular flexibility index (Phi) is 4.37. The van der Waals surface area contributed by atoms with E-state index in [9.17, 15) is 13.5 Å². The average Bonchev–Trinajstić information content (AvgIpc) is 2.42. The molecule has 0 aromatic heterocycles. The van der Waals surface area contributed by atoms with E-state index in [1.807, 2.05) is 0 Å². The molecule has 2 rings (SSSR count). The number of benzene rings is 1. The third kappa shape index (κ3) is 3.46. The Morgan fingerprint density at radius 1 is 1.48 bits per heavy atom. The highest BCUT2D eigenvalue weighted by molar-refractivity contribution is 7.90. The van der Waals surface area contributed by atoms with Crippen LogP contribution in [0.4, 0.5) is 0 Å². The van der Waals surface area contributed by atoms with Gasteiger partial charge < -0.3 is 15.2 Å². The molecule has 23 heavy (non-hydrogen) atoms. The molecule has 0 radical (unpaired) electrons. The van der Waals surface area contributed by atoms with Crippen LogP contribution in [0.25, 0.3) is 0 Å². The summed E-state index contributed by atoms with van der Waals surface area (Å²) < 4.78 is 29.3. The van der Waals surface area contributed by atoms with Crippen LogP contribution in [0.2, 0.25) is 0 Å². The van der Waals surface area contributed by atoms with E-state index in [1.165, 1.54) is 12.1 Å². The number of fused-ring (bicyclic) bond motifs is 1. The van der Waals surface area contributed by atoms with E-state index in [2.05, 4.69) is 10.3 Å². The van der Waals surface area contributed by atoms with E-state index >= 15 is 0 Å². The molecular formula is C15H19N3O4S. The van der Waals surface area contributed by atoms with Gasteiger partial charge in [0.25, 0.3) is 0 Å². The van der Waals surface area contributed by atoms with Gasteiger partial charge >= 0.3 is 0 Å². The summed E-state index contributed by atoms with van der Waals surface area (Å²) in [5, 5.41) is 22.2. The number of amidine groups is 1. The highest BCUT2D eigenvalue weighted by Gasteiger charge is 2.43. The Bertz CT molecular complexity index is 793. The number of aliphatic hydroxyl groups is 1. The number of rotatable bonds is 2. The zero-order valence-electron chi connectivity index (χ0n) is 13.4. The van der Waals surface area contributed by atoms with Crippen molar-refractivity contribution in [3.8, 4) is 11.9 Å². The molecule has 2 atom stereocenters. The molecule has 1 heterocycles. The summed E-state index contributed by atoms with van der Waals surface area (Å²) in [6, 6.07) is 3.87. The van der Waals surface area contributed by atoms with Crippen LogP contribution in [0.15, 0.2) is 28.1 Å². The molecule has 7 nitrogen and oxygen atoms in total. The van der Waals surface area contributed by atoms with E-state index in [0.717, 1.165) is 6.26 Å². The van der Waals surface area contributed by atoms with Gasteiger partial charge in [0.05, 0.1) is 10.9 Å². The van der Waals surface area contributed by atoms with Crippen molar-refractivity contribution in [2.75, 3.05) is 6.26 Å². The summed E-state index contributed by atoms with van der Waals surface area (Å²) in [4.78, 5) is 3.72. The van der Waals surface area contributed by atoms with Gasteiger partial charge in [-0.2, -0.15) is 10.3 Å². The maximum absolute atomic E-state index is 11.8. The lowest BCUT2D eigenvalue weighted by Crippen LogP contribution is -2.53. The zero-order valence-corrected chi connectivity index (χ0v) is 14.2. The second kappa shape index (κ2) is 5.83. The molecule has 2 unspecified atom stereocenters. The Hall–Kier alpha value is -2.11. The van der Waals surface area contributed by atoms with Crippen molar-refractivity contribution in [2.45, 2.75) is 43.4 Å². The van der Waals surface area contributed by atoms with Crippen molar-refractivity contribution in [2.24, 2.45) is 4.99 Å². The predicted octanol–water partition coefficient (Wildman–Crippen LogP) is 1.15. The molecule has 8 heteroatoms. The fourth-order valence-corrected chi connectivity index (χ4v) is 3.15. The van der Waals surface area contributed by atoms with Crippen molar-refractivity contribution < 1.29 is 18.3 Å². The van der Waals surface area contributed by atoms with Gasteiger partial charge in [0, 0.05) is 11.8 Å². The lowest BCUT2D eigenvalue weighted by Gasteiger charge is -2.42. The fourth-order valence-electron chi connectivity index (χ4n) is 2.50. The van der Waals surface area contributed by atoms with Crippen LogP contribution in [-0.2, 0) is 9.84 Å². The molecule has 0 amide bonds. The molecule has 0 fully saturated rings. The highest BCUT2D eigenvalue weighted by Crippen LogP contribution is 2.40. The van der Waals surface area contributed by atoms with Gasteiger partial charge in [-0.25, -0.2) is 8.42 Å². The highest BCUT2D eigenvalue weighted by atomic mass is 32.2. The minimum atomic E-state index is -3.39. The molecule has 2 N–H and O–H groups in total.